The number of hydrogen-bond acceptors (Lipinski definition) is 3. The monoisotopic (exact) mass is 499 g/mol. The van der Waals surface area contributed by atoms with Crippen molar-refractivity contribution >= 4 is 23.5 Å². The first kappa shape index (κ1) is 24.7. The number of ether oxygens (including phenoxy) is 1. The van der Waals surface area contributed by atoms with E-state index in [0.29, 0.717) is 23.4 Å². The summed E-state index contributed by atoms with van der Waals surface area (Å²) in [6.07, 6.45) is 1.24. The maximum atomic E-state index is 14.1. The zero-order chi connectivity index (χ0) is 25.2. The number of hydrogen-bond donors (Lipinski definition) is 1. The molecule has 0 bridgehead atoms. The highest BCUT2D eigenvalue weighted by Gasteiger charge is 2.35. The number of benzene rings is 3. The summed E-state index contributed by atoms with van der Waals surface area (Å²) in [5.41, 5.74) is 2.19. The summed E-state index contributed by atoms with van der Waals surface area (Å²) < 4.78 is 33.9. The number of carbonyl (C=O) groups is 2. The summed E-state index contributed by atoms with van der Waals surface area (Å²) in [6, 6.07) is 16.6. The molecule has 1 heterocycles. The molecular formula is C27H24ClF2NO4. The Morgan fingerprint density at radius 2 is 1.80 bits per heavy atom. The zero-order valence-corrected chi connectivity index (χ0v) is 19.8. The molecule has 1 atom stereocenters. The summed E-state index contributed by atoms with van der Waals surface area (Å²) in [6.45, 7) is 1.05. The average Bonchev–Trinajstić information content (AvgIpc) is 3.12. The Hall–Kier alpha value is -3.45. The van der Waals surface area contributed by atoms with E-state index >= 15 is 0 Å². The Labute approximate surface area is 206 Å². The first-order chi connectivity index (χ1) is 16.6. The van der Waals surface area contributed by atoms with Gasteiger partial charge in [-0.1, -0.05) is 48.0 Å². The summed E-state index contributed by atoms with van der Waals surface area (Å²) in [5.74, 6) is -3.15. The molecule has 8 heteroatoms. The largest absolute Gasteiger partial charge is 0.487 e. The quantitative estimate of drug-likeness (QED) is 0.462. The van der Waals surface area contributed by atoms with Gasteiger partial charge in [-0.3, -0.25) is 9.59 Å². The van der Waals surface area contributed by atoms with Gasteiger partial charge in [0.1, 0.15) is 17.9 Å². The molecule has 4 rings (SSSR count). The van der Waals surface area contributed by atoms with Crippen LogP contribution in [0.4, 0.5) is 8.78 Å². The predicted octanol–water partition coefficient (Wildman–Crippen LogP) is 5.21. The number of fused-ring (bicyclic) bond motifs is 1. The van der Waals surface area contributed by atoms with Crippen LogP contribution in [0.3, 0.4) is 0 Å². The van der Waals surface area contributed by atoms with Crippen LogP contribution in [0.5, 0.6) is 5.75 Å². The molecule has 1 aliphatic rings. The lowest BCUT2D eigenvalue weighted by Crippen LogP contribution is -2.36. The van der Waals surface area contributed by atoms with Crippen molar-refractivity contribution in [1.29, 1.82) is 0 Å². The lowest BCUT2D eigenvalue weighted by Gasteiger charge is -2.24. The van der Waals surface area contributed by atoms with Crippen LogP contribution in [0, 0.1) is 11.6 Å². The molecule has 0 saturated carbocycles. The highest BCUT2D eigenvalue weighted by molar-refractivity contribution is 6.30. The highest BCUT2D eigenvalue weighted by Crippen LogP contribution is 2.37. The van der Waals surface area contributed by atoms with E-state index in [1.54, 1.807) is 12.1 Å². The third-order valence-corrected chi connectivity index (χ3v) is 6.22. The fourth-order valence-electron chi connectivity index (χ4n) is 4.38. The number of carboxylic acids is 1. The minimum Gasteiger partial charge on any atom is -0.487 e. The van der Waals surface area contributed by atoms with Gasteiger partial charge in [-0.15, -0.1) is 0 Å². The van der Waals surface area contributed by atoms with Crippen molar-refractivity contribution in [2.75, 3.05) is 6.54 Å². The van der Waals surface area contributed by atoms with Gasteiger partial charge in [-0.25, -0.2) is 8.78 Å². The Bertz CT molecular complexity index is 1260. The van der Waals surface area contributed by atoms with Gasteiger partial charge in [0.25, 0.3) is 0 Å². The minimum absolute atomic E-state index is 0.0780. The maximum Gasteiger partial charge on any atom is 0.323 e. The lowest BCUT2D eigenvalue weighted by atomic mass is 9.91. The molecule has 0 unspecified atom stereocenters. The number of amides is 1. The van der Waals surface area contributed by atoms with Crippen LogP contribution in [-0.4, -0.2) is 34.0 Å². The molecule has 0 spiro atoms. The number of carboxylic acid groups (broad SMARTS) is 1. The Balaban J connectivity index is 1.47. The first-order valence-electron chi connectivity index (χ1n) is 11.1. The van der Waals surface area contributed by atoms with Crippen LogP contribution in [-0.2, 0) is 35.4 Å². The molecule has 5 nitrogen and oxygen atoms in total. The third kappa shape index (κ3) is 5.98. The summed E-state index contributed by atoms with van der Waals surface area (Å²) >= 11 is 5.97. The minimum atomic E-state index is -1.24. The normalized spacial score (nSPS) is 16.5. The Morgan fingerprint density at radius 1 is 1.09 bits per heavy atom. The van der Waals surface area contributed by atoms with E-state index in [1.807, 2.05) is 37.3 Å². The van der Waals surface area contributed by atoms with Gasteiger partial charge < -0.3 is 14.7 Å². The van der Waals surface area contributed by atoms with Crippen LogP contribution in [0.15, 0.2) is 60.7 Å². The van der Waals surface area contributed by atoms with Gasteiger partial charge in [0.2, 0.25) is 5.91 Å². The molecule has 0 saturated heterocycles. The molecule has 1 amide bonds. The average molecular weight is 500 g/mol. The zero-order valence-electron chi connectivity index (χ0n) is 19.1. The fourth-order valence-corrected chi connectivity index (χ4v) is 4.50. The predicted molar refractivity (Wildman–Crippen MR) is 127 cm³/mol. The number of nitrogens with zero attached hydrogens (tertiary/aromatic N) is 1. The van der Waals surface area contributed by atoms with Crippen molar-refractivity contribution in [2.24, 2.45) is 0 Å². The molecule has 3 aromatic carbocycles. The first-order valence-corrected chi connectivity index (χ1v) is 11.5. The Morgan fingerprint density at radius 3 is 2.51 bits per heavy atom. The van der Waals surface area contributed by atoms with Gasteiger partial charge in [0, 0.05) is 30.0 Å². The molecule has 1 N–H and O–H groups in total. The van der Waals surface area contributed by atoms with Gasteiger partial charge in [0.05, 0.1) is 6.42 Å². The highest BCUT2D eigenvalue weighted by atomic mass is 35.5. The molecule has 0 aromatic heterocycles. The van der Waals surface area contributed by atoms with Crippen molar-refractivity contribution < 1.29 is 28.2 Å². The number of halogens is 3. The van der Waals surface area contributed by atoms with E-state index in [2.05, 4.69) is 0 Å². The summed E-state index contributed by atoms with van der Waals surface area (Å²) in [7, 11) is 0. The molecule has 0 fully saturated rings. The van der Waals surface area contributed by atoms with E-state index in [1.165, 1.54) is 12.1 Å². The van der Waals surface area contributed by atoms with Gasteiger partial charge in [0.15, 0.2) is 11.6 Å². The standard InChI is InChI=1S/C27H24ClF2NO4/c1-27(13-17-5-8-21(28)9-6-17)14-20-11-18(7-10-23(20)35-27)12-24(32)31(16-25(33)34)15-19-3-2-4-22(29)26(19)30/h2-11H,12-16H2,1H3,(H,33,34)/t27-/m0/s1. The number of rotatable bonds is 8. The second-order valence-electron chi connectivity index (χ2n) is 9.01. The van der Waals surface area contributed by atoms with E-state index in [9.17, 15) is 23.5 Å². The summed E-state index contributed by atoms with van der Waals surface area (Å²) in [4.78, 5) is 25.3. The molecule has 0 aliphatic carbocycles. The van der Waals surface area contributed by atoms with Crippen LogP contribution in [0.1, 0.15) is 29.2 Å². The molecule has 3 aromatic rings. The van der Waals surface area contributed by atoms with E-state index in [0.717, 1.165) is 27.8 Å². The van der Waals surface area contributed by atoms with E-state index in [4.69, 9.17) is 16.3 Å². The topological polar surface area (TPSA) is 66.8 Å². The number of carbonyl (C=O) groups excluding carboxylic acids is 1. The van der Waals surface area contributed by atoms with Gasteiger partial charge in [-0.2, -0.15) is 0 Å². The molecule has 0 radical (unpaired) electrons. The SMILES string of the molecule is C[C@]1(Cc2ccc(Cl)cc2)Cc2cc(CC(=O)N(CC(=O)O)Cc3cccc(F)c3F)ccc2O1. The molecular weight excluding hydrogens is 476 g/mol. The van der Waals surface area contributed by atoms with Crippen molar-refractivity contribution in [3.05, 3.63) is 99.6 Å². The van der Waals surface area contributed by atoms with Crippen LogP contribution in [0.2, 0.25) is 5.02 Å². The lowest BCUT2D eigenvalue weighted by molar-refractivity contribution is -0.144. The van der Waals surface area contributed by atoms with E-state index < -0.39 is 35.7 Å². The van der Waals surface area contributed by atoms with Gasteiger partial charge >= 0.3 is 5.97 Å². The van der Waals surface area contributed by atoms with Crippen molar-refractivity contribution in [2.45, 2.75) is 38.3 Å². The fraction of sp³-hybridized carbons (Fsp3) is 0.259. The molecule has 182 valence electrons. The van der Waals surface area contributed by atoms with Crippen LogP contribution < -0.4 is 4.74 Å². The van der Waals surface area contributed by atoms with Crippen molar-refractivity contribution in [3.8, 4) is 5.75 Å². The Kier molecular flexibility index (Phi) is 7.08. The second kappa shape index (κ2) is 10.0. The maximum absolute atomic E-state index is 14.1. The summed E-state index contributed by atoms with van der Waals surface area (Å²) in [5, 5.41) is 9.90. The van der Waals surface area contributed by atoms with Crippen LogP contribution in [0.25, 0.3) is 0 Å². The molecule has 35 heavy (non-hydrogen) atoms. The third-order valence-electron chi connectivity index (χ3n) is 5.96. The van der Waals surface area contributed by atoms with Gasteiger partial charge in [-0.05, 0) is 47.9 Å². The second-order valence-corrected chi connectivity index (χ2v) is 9.44. The van der Waals surface area contributed by atoms with Crippen molar-refractivity contribution in [1.82, 2.24) is 4.90 Å². The number of aliphatic carboxylic acids is 1. The smallest absolute Gasteiger partial charge is 0.323 e. The molecule has 1 aliphatic heterocycles. The van der Waals surface area contributed by atoms with Crippen LogP contribution >= 0.6 is 11.6 Å². The van der Waals surface area contributed by atoms with E-state index in [-0.39, 0.29) is 18.5 Å². The van der Waals surface area contributed by atoms with Crippen molar-refractivity contribution in [3.63, 3.8) is 0 Å².